The van der Waals surface area contributed by atoms with Gasteiger partial charge in [0.1, 0.15) is 11.9 Å². The standard InChI is InChI=1S/C11H12FNO3/c1-7-2-3-8(4-10(7)12)13-5-9(6-14)16-11(13)15/h2-4,9,14H,5-6H2,1H3/t9-/m1/s1. The van der Waals surface area contributed by atoms with Crippen LogP contribution in [0, 0.1) is 12.7 Å². The smallest absolute Gasteiger partial charge is 0.414 e. The number of hydrogen-bond donors (Lipinski definition) is 1. The lowest BCUT2D eigenvalue weighted by Crippen LogP contribution is -2.25. The number of nitrogens with zero attached hydrogens (tertiary/aromatic N) is 1. The Morgan fingerprint density at radius 1 is 1.62 bits per heavy atom. The Bertz CT molecular complexity index is 422. The molecule has 1 aliphatic rings. The number of ether oxygens (including phenoxy) is 1. The van der Waals surface area contributed by atoms with Crippen molar-refractivity contribution in [3.05, 3.63) is 29.6 Å². The van der Waals surface area contributed by atoms with E-state index < -0.39 is 12.2 Å². The second kappa shape index (κ2) is 4.09. The van der Waals surface area contributed by atoms with E-state index in [1.54, 1.807) is 19.1 Å². The van der Waals surface area contributed by atoms with Crippen molar-refractivity contribution in [1.29, 1.82) is 0 Å². The summed E-state index contributed by atoms with van der Waals surface area (Å²) in [6.45, 7) is 1.67. The molecule has 86 valence electrons. The summed E-state index contributed by atoms with van der Waals surface area (Å²) in [5.41, 5.74) is 0.971. The molecule has 1 fully saturated rings. The molecular weight excluding hydrogens is 213 g/mol. The average molecular weight is 225 g/mol. The predicted octanol–water partition coefficient (Wildman–Crippen LogP) is 1.45. The fourth-order valence-corrected chi connectivity index (χ4v) is 1.58. The van der Waals surface area contributed by atoms with Crippen LogP contribution in [0.1, 0.15) is 5.56 Å². The van der Waals surface area contributed by atoms with E-state index >= 15 is 0 Å². The van der Waals surface area contributed by atoms with Gasteiger partial charge in [0.2, 0.25) is 0 Å². The molecule has 0 saturated carbocycles. The molecular formula is C11H12FNO3. The van der Waals surface area contributed by atoms with Crippen LogP contribution in [0.25, 0.3) is 0 Å². The third-order valence-electron chi connectivity index (χ3n) is 2.54. The first kappa shape index (κ1) is 10.9. The van der Waals surface area contributed by atoms with Gasteiger partial charge in [0.05, 0.1) is 18.8 Å². The molecule has 0 unspecified atom stereocenters. The summed E-state index contributed by atoms with van der Waals surface area (Å²) >= 11 is 0. The maximum atomic E-state index is 13.3. The lowest BCUT2D eigenvalue weighted by Gasteiger charge is -2.13. The fraction of sp³-hybridized carbons (Fsp3) is 0.364. The van der Waals surface area contributed by atoms with Crippen LogP contribution in [0.15, 0.2) is 18.2 Å². The van der Waals surface area contributed by atoms with Crippen molar-refractivity contribution < 1.29 is 19.0 Å². The Labute approximate surface area is 92.2 Å². The topological polar surface area (TPSA) is 49.8 Å². The molecule has 2 rings (SSSR count). The second-order valence-electron chi connectivity index (χ2n) is 3.73. The maximum Gasteiger partial charge on any atom is 0.414 e. The summed E-state index contributed by atoms with van der Waals surface area (Å²) in [6.07, 6.45) is -1.08. The molecule has 4 nitrogen and oxygen atoms in total. The summed E-state index contributed by atoms with van der Waals surface area (Å²) < 4.78 is 18.2. The zero-order valence-corrected chi connectivity index (χ0v) is 8.81. The highest BCUT2D eigenvalue weighted by Crippen LogP contribution is 2.23. The number of halogens is 1. The Hall–Kier alpha value is -1.62. The molecule has 16 heavy (non-hydrogen) atoms. The van der Waals surface area contributed by atoms with Crippen molar-refractivity contribution in [3.8, 4) is 0 Å². The molecule has 1 aromatic rings. The van der Waals surface area contributed by atoms with Gasteiger partial charge in [-0.1, -0.05) is 6.07 Å². The van der Waals surface area contributed by atoms with Crippen LogP contribution in [0.3, 0.4) is 0 Å². The highest BCUT2D eigenvalue weighted by atomic mass is 19.1. The first-order valence-corrected chi connectivity index (χ1v) is 4.97. The van der Waals surface area contributed by atoms with Gasteiger partial charge >= 0.3 is 6.09 Å². The number of cyclic esters (lactones) is 1. The predicted molar refractivity (Wildman–Crippen MR) is 55.8 cm³/mol. The number of amides is 1. The number of aliphatic hydroxyl groups is 1. The minimum absolute atomic E-state index is 0.226. The molecule has 0 spiro atoms. The molecule has 1 saturated heterocycles. The Kier molecular flexibility index (Phi) is 2.78. The van der Waals surface area contributed by atoms with Gasteiger partial charge in [-0.15, -0.1) is 0 Å². The summed E-state index contributed by atoms with van der Waals surface area (Å²) in [6, 6.07) is 4.54. The average Bonchev–Trinajstić information content (AvgIpc) is 2.64. The van der Waals surface area contributed by atoms with Crippen LogP contribution in [0.4, 0.5) is 14.9 Å². The van der Waals surface area contributed by atoms with Crippen molar-refractivity contribution in [2.75, 3.05) is 18.1 Å². The number of aryl methyl sites for hydroxylation is 1. The first-order valence-electron chi connectivity index (χ1n) is 4.97. The van der Waals surface area contributed by atoms with Crippen molar-refractivity contribution in [2.24, 2.45) is 0 Å². The highest BCUT2D eigenvalue weighted by Gasteiger charge is 2.31. The van der Waals surface area contributed by atoms with E-state index in [0.29, 0.717) is 11.3 Å². The zero-order valence-electron chi connectivity index (χ0n) is 8.81. The molecule has 0 aromatic heterocycles. The molecule has 5 heteroatoms. The minimum atomic E-state index is -0.553. The van der Waals surface area contributed by atoms with Crippen LogP contribution in [-0.4, -0.2) is 30.5 Å². The van der Waals surface area contributed by atoms with Gasteiger partial charge in [0.25, 0.3) is 0 Å². The minimum Gasteiger partial charge on any atom is -0.441 e. The van der Waals surface area contributed by atoms with Gasteiger partial charge in [0.15, 0.2) is 0 Å². The van der Waals surface area contributed by atoms with Crippen molar-refractivity contribution >= 4 is 11.8 Å². The maximum absolute atomic E-state index is 13.3. The van der Waals surface area contributed by atoms with Gasteiger partial charge in [-0.2, -0.15) is 0 Å². The quantitative estimate of drug-likeness (QED) is 0.828. The van der Waals surface area contributed by atoms with E-state index in [-0.39, 0.29) is 19.0 Å². The van der Waals surface area contributed by atoms with E-state index in [4.69, 9.17) is 9.84 Å². The molecule has 1 aliphatic heterocycles. The van der Waals surface area contributed by atoms with Crippen LogP contribution in [0.5, 0.6) is 0 Å². The van der Waals surface area contributed by atoms with E-state index in [2.05, 4.69) is 0 Å². The summed E-state index contributed by atoms with van der Waals surface area (Å²) in [5, 5.41) is 8.87. The number of aliphatic hydroxyl groups excluding tert-OH is 1. The third kappa shape index (κ3) is 1.86. The largest absolute Gasteiger partial charge is 0.441 e. The van der Waals surface area contributed by atoms with Gasteiger partial charge < -0.3 is 9.84 Å². The number of rotatable bonds is 2. The third-order valence-corrected chi connectivity index (χ3v) is 2.54. The Morgan fingerprint density at radius 2 is 2.38 bits per heavy atom. The molecule has 0 aliphatic carbocycles. The number of benzene rings is 1. The second-order valence-corrected chi connectivity index (χ2v) is 3.73. The summed E-state index contributed by atoms with van der Waals surface area (Å²) in [5.74, 6) is -0.363. The summed E-state index contributed by atoms with van der Waals surface area (Å²) in [4.78, 5) is 12.7. The van der Waals surface area contributed by atoms with Crippen molar-refractivity contribution in [3.63, 3.8) is 0 Å². The van der Waals surface area contributed by atoms with Crippen molar-refractivity contribution in [2.45, 2.75) is 13.0 Å². The molecule has 1 amide bonds. The molecule has 1 heterocycles. The molecule has 1 atom stereocenters. The van der Waals surface area contributed by atoms with Crippen LogP contribution < -0.4 is 4.90 Å². The lowest BCUT2D eigenvalue weighted by molar-refractivity contribution is 0.0963. The number of anilines is 1. The zero-order chi connectivity index (χ0) is 11.7. The Morgan fingerprint density at radius 3 is 2.94 bits per heavy atom. The van der Waals surface area contributed by atoms with Crippen LogP contribution in [0.2, 0.25) is 0 Å². The SMILES string of the molecule is Cc1ccc(N2C[C@H](CO)OC2=O)cc1F. The van der Waals surface area contributed by atoms with E-state index in [0.717, 1.165) is 0 Å². The number of hydrogen-bond acceptors (Lipinski definition) is 3. The monoisotopic (exact) mass is 225 g/mol. The van der Waals surface area contributed by atoms with E-state index in [1.807, 2.05) is 0 Å². The normalized spacial score (nSPS) is 20.1. The van der Waals surface area contributed by atoms with Crippen LogP contribution >= 0.6 is 0 Å². The van der Waals surface area contributed by atoms with E-state index in [9.17, 15) is 9.18 Å². The van der Waals surface area contributed by atoms with Crippen LogP contribution in [-0.2, 0) is 4.74 Å². The molecule has 1 aromatic carbocycles. The number of carbonyl (C=O) groups excluding carboxylic acids is 1. The Balaban J connectivity index is 2.24. The van der Waals surface area contributed by atoms with Gasteiger partial charge in [-0.05, 0) is 24.6 Å². The van der Waals surface area contributed by atoms with Gasteiger partial charge in [0, 0.05) is 0 Å². The van der Waals surface area contributed by atoms with Gasteiger partial charge in [-0.3, -0.25) is 4.90 Å². The van der Waals surface area contributed by atoms with E-state index in [1.165, 1.54) is 11.0 Å². The number of carbonyl (C=O) groups is 1. The highest BCUT2D eigenvalue weighted by molar-refractivity contribution is 5.89. The lowest BCUT2D eigenvalue weighted by atomic mass is 10.2. The molecule has 1 N–H and O–H groups in total. The molecule has 0 bridgehead atoms. The summed E-state index contributed by atoms with van der Waals surface area (Å²) in [7, 11) is 0. The van der Waals surface area contributed by atoms with Gasteiger partial charge in [-0.25, -0.2) is 9.18 Å². The van der Waals surface area contributed by atoms with Crippen molar-refractivity contribution in [1.82, 2.24) is 0 Å². The first-order chi connectivity index (χ1) is 7.61. The molecule has 0 radical (unpaired) electrons. The fourth-order valence-electron chi connectivity index (χ4n) is 1.58.